The quantitative estimate of drug-likeness (QED) is 0.117. The maximum absolute atomic E-state index is 14.6. The van der Waals surface area contributed by atoms with E-state index in [4.69, 9.17) is 8.53 Å². The van der Waals surface area contributed by atoms with Gasteiger partial charge in [0.1, 0.15) is 5.58 Å². The normalized spacial score (nSPS) is 13.5. The Balaban J connectivity index is 0.000000184. The SMILES string of the molecule is [2H]C(C)(c1ccccc1)c1cc(-c2[c-]ccc(-c3ccccc3)c2)[c-]c[c]1[Ge]([CH3])([CH3])[CH3].[2H]C([2H])([2H])c1cnc(-c2[c-]cc(F)c3c2oc2ccccc23)cc1-c1ccccc1.[Ir+3]. The van der Waals surface area contributed by atoms with Crippen molar-refractivity contribution in [3.63, 3.8) is 0 Å². The number of halogens is 1. The fourth-order valence-corrected chi connectivity index (χ4v) is 10.5. The fraction of sp³-hybridized carbons (Fsp3) is 0.113. The summed E-state index contributed by atoms with van der Waals surface area (Å²) in [4.78, 5) is 4.38. The number of rotatable bonds is 7. The molecule has 0 aliphatic heterocycles. The van der Waals surface area contributed by atoms with Crippen molar-refractivity contribution in [1.82, 2.24) is 4.98 Å². The molecule has 0 bridgehead atoms. The van der Waals surface area contributed by atoms with Gasteiger partial charge >= 0.3 is 206 Å². The van der Waals surface area contributed by atoms with Gasteiger partial charge in [-0.2, -0.15) is 0 Å². The molecule has 1 unspecified atom stereocenters. The third-order valence-corrected chi connectivity index (χ3v) is 14.5. The second kappa shape index (κ2) is 17.6. The van der Waals surface area contributed by atoms with E-state index >= 15 is 0 Å². The minimum absolute atomic E-state index is 0. The smallest absolute Gasteiger partial charge is 0.500 e. The third-order valence-electron chi connectivity index (χ3n) is 10.2. The second-order valence-electron chi connectivity index (χ2n) is 15.1. The standard InChI is InChI=1S/C29H28Ge.C24H15FNO.Ir/c1-22(23-12-7-5-8-13-23)28-21-27(18-19-29(28)30(2,3)4)26-17-11-16-25(20-26)24-14-9-6-10-15-24;1-15-14-26-21(13-19(15)16-7-3-2-4-8-16)17-11-12-20(25)23-18-9-5-6-10-22(18)27-24(17)23;/h5-16,19-22H,1-4H3;2-10,12-14H,1H3;/q-2;-1;+3/i22D;1D3;. The van der Waals surface area contributed by atoms with Gasteiger partial charge in [-0.05, 0) is 40.7 Å². The number of pyridine rings is 1. The van der Waals surface area contributed by atoms with Crippen molar-refractivity contribution in [1.29, 1.82) is 0 Å². The van der Waals surface area contributed by atoms with E-state index < -0.39 is 31.8 Å². The van der Waals surface area contributed by atoms with E-state index in [1.807, 2.05) is 79.7 Å². The van der Waals surface area contributed by atoms with Crippen LogP contribution in [0, 0.1) is 30.9 Å². The van der Waals surface area contributed by atoms with Gasteiger partial charge in [-0.3, -0.25) is 4.39 Å². The fourth-order valence-electron chi connectivity index (χ4n) is 7.22. The minimum atomic E-state index is -2.32. The monoisotopic (exact) mass is 999 g/mol. The van der Waals surface area contributed by atoms with Gasteiger partial charge in [0.2, 0.25) is 0 Å². The molecule has 0 saturated carbocycles. The molecule has 0 N–H and O–H groups in total. The van der Waals surface area contributed by atoms with E-state index in [0.717, 1.165) is 27.8 Å². The van der Waals surface area contributed by atoms with E-state index in [1.54, 1.807) is 18.2 Å². The van der Waals surface area contributed by atoms with Gasteiger partial charge in [-0.15, -0.1) is 12.1 Å². The Kier molecular flexibility index (Phi) is 10.9. The third kappa shape index (κ3) is 8.56. The van der Waals surface area contributed by atoms with Crippen molar-refractivity contribution in [2.24, 2.45) is 0 Å². The largest absolute Gasteiger partial charge is 3.00 e. The predicted molar refractivity (Wildman–Crippen MR) is 238 cm³/mol. The average Bonchev–Trinajstić information content (AvgIpc) is 3.67. The Labute approximate surface area is 363 Å². The summed E-state index contributed by atoms with van der Waals surface area (Å²) in [5, 5.41) is 1.03. The molecule has 0 aliphatic carbocycles. The molecule has 2 heterocycles. The summed E-state index contributed by atoms with van der Waals surface area (Å²) in [5.74, 6) is 5.90. The topological polar surface area (TPSA) is 26.0 Å². The maximum Gasteiger partial charge on any atom is 3.00 e. The van der Waals surface area contributed by atoms with Gasteiger partial charge in [-0.25, -0.2) is 0 Å². The number of hydrogen-bond donors (Lipinski definition) is 0. The number of hydrogen-bond acceptors (Lipinski definition) is 2. The number of benzene rings is 7. The molecule has 0 radical (unpaired) electrons. The van der Waals surface area contributed by atoms with Gasteiger partial charge in [0, 0.05) is 21.5 Å². The van der Waals surface area contributed by atoms with E-state index in [2.05, 4.69) is 101 Å². The van der Waals surface area contributed by atoms with Crippen molar-refractivity contribution < 1.29 is 34.4 Å². The molecule has 2 nitrogen and oxygen atoms in total. The average molecular weight is 998 g/mol. The van der Waals surface area contributed by atoms with E-state index in [-0.39, 0.29) is 25.7 Å². The van der Waals surface area contributed by atoms with Crippen molar-refractivity contribution in [2.45, 2.75) is 36.9 Å². The number of fused-ring (bicyclic) bond motifs is 3. The van der Waals surface area contributed by atoms with Crippen LogP contribution in [0.1, 0.15) is 35.0 Å². The summed E-state index contributed by atoms with van der Waals surface area (Å²) >= 11 is -2.22. The summed E-state index contributed by atoms with van der Waals surface area (Å²) in [7, 11) is 0. The molecule has 5 heteroatoms. The van der Waals surface area contributed by atoms with Gasteiger partial charge < -0.3 is 9.40 Å². The van der Waals surface area contributed by atoms with Gasteiger partial charge in [0.05, 0.1) is 5.58 Å². The molecule has 0 fully saturated rings. The summed E-state index contributed by atoms with van der Waals surface area (Å²) in [6, 6.07) is 60.5. The molecular weight excluding hydrogens is 950 g/mol. The molecule has 58 heavy (non-hydrogen) atoms. The van der Waals surface area contributed by atoms with Crippen molar-refractivity contribution in [3.8, 4) is 44.6 Å². The van der Waals surface area contributed by atoms with Crippen LogP contribution in [0.15, 0.2) is 168 Å². The summed E-state index contributed by atoms with van der Waals surface area (Å²) < 4.78 is 54.9. The molecule has 0 saturated heterocycles. The zero-order chi connectivity index (χ0) is 42.9. The van der Waals surface area contributed by atoms with Gasteiger partial charge in [-0.1, -0.05) is 60.2 Å². The van der Waals surface area contributed by atoms with Crippen LogP contribution in [-0.4, -0.2) is 18.3 Å². The number of furan rings is 1. The Hall–Kier alpha value is -5.39. The molecule has 0 amide bonds. The molecule has 1 atom stereocenters. The molecule has 286 valence electrons. The zero-order valence-electron chi connectivity index (χ0n) is 36.7. The molecule has 9 aromatic rings. The Morgan fingerprint density at radius 1 is 0.724 bits per heavy atom. The molecule has 0 aliphatic rings. The molecule has 9 rings (SSSR count). The number of aromatic nitrogens is 1. The van der Waals surface area contributed by atoms with Crippen LogP contribution in [-0.2, 0) is 20.1 Å². The van der Waals surface area contributed by atoms with Crippen LogP contribution in [0.3, 0.4) is 0 Å². The first-order valence-corrected chi connectivity index (χ1v) is 26.3. The molecule has 2 aromatic heterocycles. The first-order valence-electron chi connectivity index (χ1n) is 21.0. The predicted octanol–water partition coefficient (Wildman–Crippen LogP) is 13.9. The second-order valence-corrected chi connectivity index (χ2v) is 25.6. The van der Waals surface area contributed by atoms with Crippen LogP contribution in [0.25, 0.3) is 66.6 Å². The number of para-hydroxylation sites is 1. The molecule has 7 aromatic carbocycles. The van der Waals surface area contributed by atoms with Crippen LogP contribution >= 0.6 is 0 Å². The first kappa shape index (κ1) is 35.7. The zero-order valence-corrected chi connectivity index (χ0v) is 37.1. The number of aryl methyl sites for hydroxylation is 1. The van der Waals surface area contributed by atoms with E-state index in [9.17, 15) is 5.76 Å². The number of nitrogens with zero attached hydrogens (tertiary/aromatic N) is 1. The molecular formula is C53H43FGeIrNO. The Morgan fingerprint density at radius 3 is 2.09 bits per heavy atom. The van der Waals surface area contributed by atoms with E-state index in [1.165, 1.54) is 27.8 Å². The van der Waals surface area contributed by atoms with Crippen molar-refractivity contribution in [2.75, 3.05) is 0 Å². The van der Waals surface area contributed by atoms with Crippen LogP contribution in [0.2, 0.25) is 17.3 Å². The minimum Gasteiger partial charge on any atom is -0.500 e. The maximum atomic E-state index is 14.6. The summed E-state index contributed by atoms with van der Waals surface area (Å²) in [6.45, 7) is -0.305. The van der Waals surface area contributed by atoms with Gasteiger partial charge in [0.25, 0.3) is 0 Å². The van der Waals surface area contributed by atoms with Crippen LogP contribution < -0.4 is 4.40 Å². The first-order chi connectivity index (χ1) is 29.2. The Bertz CT molecular complexity index is 2980. The molecule has 0 spiro atoms. The van der Waals surface area contributed by atoms with Crippen molar-refractivity contribution in [3.05, 3.63) is 205 Å². The van der Waals surface area contributed by atoms with Crippen molar-refractivity contribution >= 4 is 39.6 Å². The summed E-state index contributed by atoms with van der Waals surface area (Å²) in [5.41, 5.74) is 9.78. The van der Waals surface area contributed by atoms with E-state index in [0.29, 0.717) is 38.8 Å². The van der Waals surface area contributed by atoms with Crippen LogP contribution in [0.5, 0.6) is 0 Å². The van der Waals surface area contributed by atoms with Gasteiger partial charge in [0.15, 0.2) is 0 Å². The Morgan fingerprint density at radius 2 is 1.38 bits per heavy atom. The summed E-state index contributed by atoms with van der Waals surface area (Å²) in [6.07, 6.45) is 1.36. The van der Waals surface area contributed by atoms with Crippen LogP contribution in [0.4, 0.5) is 4.39 Å².